The minimum absolute atomic E-state index is 0.0223. The summed E-state index contributed by atoms with van der Waals surface area (Å²) < 4.78 is 64.9. The van der Waals surface area contributed by atoms with Crippen molar-refractivity contribution in [3.8, 4) is 0 Å². The topological polar surface area (TPSA) is 43.4 Å². The third-order valence-electron chi connectivity index (χ3n) is 1.37. The van der Waals surface area contributed by atoms with Gasteiger partial charge in [-0.15, -0.1) is 0 Å². The first-order chi connectivity index (χ1) is 7.51. The van der Waals surface area contributed by atoms with Crippen LogP contribution >= 0.6 is 11.6 Å². The molecule has 0 aromatic heterocycles. The lowest BCUT2D eigenvalue weighted by molar-refractivity contribution is -0.168. The number of carbonyl (C=O) groups excluding carboxylic acids is 2. The average Bonchev–Trinajstić information content (AvgIpc) is 2.14. The van der Waals surface area contributed by atoms with Crippen LogP contribution in [0.15, 0.2) is 11.8 Å². The fourth-order valence-corrected chi connectivity index (χ4v) is 0.784. The molecule has 17 heavy (non-hydrogen) atoms. The van der Waals surface area contributed by atoms with Gasteiger partial charge in [0.25, 0.3) is 11.6 Å². The maximum Gasteiger partial charge on any atom is 0.455 e. The van der Waals surface area contributed by atoms with Gasteiger partial charge in [0.05, 0.1) is 12.9 Å². The van der Waals surface area contributed by atoms with Gasteiger partial charge in [-0.25, -0.2) is 0 Å². The molecule has 0 N–H and O–H groups in total. The predicted octanol–water partition coefficient (Wildman–Crippen LogP) is 2.44. The van der Waals surface area contributed by atoms with Crippen molar-refractivity contribution in [3.63, 3.8) is 0 Å². The number of ether oxygens (including phenoxy) is 1. The molecule has 0 aliphatic carbocycles. The molecule has 0 heterocycles. The predicted molar refractivity (Wildman–Crippen MR) is 46.6 cm³/mol. The number of Topliss-reactive ketones (excluding diaryl/α,β-unsaturated/α-hetero) is 2. The van der Waals surface area contributed by atoms with Crippen molar-refractivity contribution in [2.75, 3.05) is 6.61 Å². The molecule has 0 rings (SSSR count). The summed E-state index contributed by atoms with van der Waals surface area (Å²) in [4.78, 5) is 21.5. The van der Waals surface area contributed by atoms with E-state index in [1.165, 1.54) is 6.92 Å². The zero-order chi connectivity index (χ0) is 13.9. The lowest BCUT2D eigenvalue weighted by atomic mass is 10.1. The van der Waals surface area contributed by atoms with Crippen LogP contribution in [0.4, 0.5) is 22.0 Å². The van der Waals surface area contributed by atoms with Crippen molar-refractivity contribution in [1.29, 1.82) is 0 Å². The highest BCUT2D eigenvalue weighted by atomic mass is 35.5. The van der Waals surface area contributed by atoms with E-state index in [1.807, 2.05) is 0 Å². The van der Waals surface area contributed by atoms with Gasteiger partial charge in [0.15, 0.2) is 0 Å². The molecule has 0 spiro atoms. The van der Waals surface area contributed by atoms with Crippen LogP contribution in [0.2, 0.25) is 0 Å². The molecule has 0 amide bonds. The van der Waals surface area contributed by atoms with Crippen molar-refractivity contribution in [2.24, 2.45) is 0 Å². The normalized spacial score (nSPS) is 13.5. The van der Waals surface area contributed by atoms with Crippen molar-refractivity contribution < 1.29 is 36.3 Å². The van der Waals surface area contributed by atoms with Crippen LogP contribution in [-0.2, 0) is 14.3 Å². The number of hydrogen-bond acceptors (Lipinski definition) is 3. The lowest BCUT2D eigenvalue weighted by Gasteiger charge is -2.11. The fourth-order valence-electron chi connectivity index (χ4n) is 0.682. The number of ketones is 2. The monoisotopic (exact) mass is 280 g/mol. The van der Waals surface area contributed by atoms with E-state index >= 15 is 0 Å². The molecule has 0 aliphatic heterocycles. The molecule has 0 fully saturated rings. The summed E-state index contributed by atoms with van der Waals surface area (Å²) in [6, 6.07) is 0. The second kappa shape index (κ2) is 5.44. The van der Waals surface area contributed by atoms with Gasteiger partial charge in [0, 0.05) is 0 Å². The Kier molecular flexibility index (Phi) is 5.06. The molecule has 0 atom stereocenters. The highest BCUT2D eigenvalue weighted by Crippen LogP contribution is 2.28. The van der Waals surface area contributed by atoms with Gasteiger partial charge in [-0.2, -0.15) is 22.0 Å². The molecule has 0 saturated carbocycles. The van der Waals surface area contributed by atoms with Crippen LogP contribution in [0.1, 0.15) is 6.92 Å². The van der Waals surface area contributed by atoms with Gasteiger partial charge in [-0.1, -0.05) is 0 Å². The first-order valence-corrected chi connectivity index (χ1v) is 4.44. The van der Waals surface area contributed by atoms with Crippen LogP contribution < -0.4 is 0 Å². The maximum absolute atomic E-state index is 12.3. The summed E-state index contributed by atoms with van der Waals surface area (Å²) in [6.45, 7) is 1.10. The molecule has 0 saturated heterocycles. The molecule has 3 nitrogen and oxygen atoms in total. The van der Waals surface area contributed by atoms with Gasteiger partial charge < -0.3 is 4.74 Å². The van der Waals surface area contributed by atoms with Gasteiger partial charge in [0.1, 0.15) is 5.57 Å². The maximum atomic E-state index is 12.3. The Morgan fingerprint density at radius 3 is 1.94 bits per heavy atom. The van der Waals surface area contributed by atoms with E-state index in [4.69, 9.17) is 0 Å². The zero-order valence-corrected chi connectivity index (χ0v) is 9.03. The summed E-state index contributed by atoms with van der Waals surface area (Å²) in [6.07, 6.45) is -5.45. The molecule has 9 heteroatoms. The summed E-state index contributed by atoms with van der Waals surface area (Å²) >= 11 is 4.25. The Balaban J connectivity index is 5.32. The molecular formula is C8H6ClF5O3. The van der Waals surface area contributed by atoms with Gasteiger partial charge in [0.2, 0.25) is 0 Å². The Morgan fingerprint density at radius 1 is 1.18 bits per heavy atom. The van der Waals surface area contributed by atoms with E-state index in [0.717, 1.165) is 0 Å². The first kappa shape index (κ1) is 15.8. The molecule has 0 bridgehead atoms. The van der Waals surface area contributed by atoms with E-state index < -0.39 is 28.7 Å². The Bertz CT molecular complexity index is 314. The Morgan fingerprint density at radius 2 is 1.65 bits per heavy atom. The third-order valence-corrected chi connectivity index (χ3v) is 1.54. The molecule has 0 aliphatic rings. The Labute approximate surface area is 97.2 Å². The van der Waals surface area contributed by atoms with Crippen LogP contribution in [-0.4, -0.2) is 29.7 Å². The molecule has 0 aromatic carbocycles. The fraction of sp³-hybridized carbons (Fsp3) is 0.500. The number of halogens is 6. The number of hydrogen-bond donors (Lipinski definition) is 0. The summed E-state index contributed by atoms with van der Waals surface area (Å²) in [5.74, 6) is -5.20. The summed E-state index contributed by atoms with van der Waals surface area (Å²) in [5, 5.41) is -4.61. The number of alkyl halides is 6. The van der Waals surface area contributed by atoms with E-state index in [0.29, 0.717) is 0 Å². The largest absolute Gasteiger partial charge is 0.501 e. The van der Waals surface area contributed by atoms with E-state index in [1.54, 1.807) is 0 Å². The Hall–Kier alpha value is -1.18. The summed E-state index contributed by atoms with van der Waals surface area (Å²) in [7, 11) is 0. The van der Waals surface area contributed by atoms with Crippen LogP contribution in [0.5, 0.6) is 0 Å². The van der Waals surface area contributed by atoms with Gasteiger partial charge in [-0.05, 0) is 18.5 Å². The van der Waals surface area contributed by atoms with Crippen LogP contribution in [0, 0.1) is 0 Å². The number of rotatable bonds is 5. The van der Waals surface area contributed by atoms with Crippen LogP contribution in [0.3, 0.4) is 0 Å². The first-order valence-electron chi connectivity index (χ1n) is 4.06. The third kappa shape index (κ3) is 4.68. The van der Waals surface area contributed by atoms with Crippen LogP contribution in [0.25, 0.3) is 0 Å². The zero-order valence-electron chi connectivity index (χ0n) is 8.28. The van der Waals surface area contributed by atoms with Crippen molar-refractivity contribution in [1.82, 2.24) is 0 Å². The molecule has 98 valence electrons. The second-order valence-electron chi connectivity index (χ2n) is 2.64. The minimum Gasteiger partial charge on any atom is -0.501 e. The van der Waals surface area contributed by atoms with Crippen molar-refractivity contribution in [3.05, 3.63) is 11.8 Å². The van der Waals surface area contributed by atoms with Gasteiger partial charge >= 0.3 is 11.6 Å². The number of allylic oxidation sites excluding steroid dienone is 1. The highest BCUT2D eigenvalue weighted by molar-refractivity contribution is 6.39. The van der Waals surface area contributed by atoms with Gasteiger partial charge in [-0.3, -0.25) is 9.59 Å². The number of carbonyl (C=O) groups is 2. The SMILES string of the molecule is CCO/C=C(/C(=O)C(F)(F)F)C(=O)C(F)(F)Cl. The standard InChI is InChI=1S/C8H6ClF5O3/c1-2-17-3-4(5(15)7(9,10)11)6(16)8(12,13)14/h3H,2H2,1H3/b4-3+. The quantitative estimate of drug-likeness (QED) is 0.194. The lowest BCUT2D eigenvalue weighted by Crippen LogP contribution is -2.34. The summed E-state index contributed by atoms with van der Waals surface area (Å²) in [5.41, 5.74) is -1.85. The van der Waals surface area contributed by atoms with Crippen molar-refractivity contribution >= 4 is 23.2 Å². The van der Waals surface area contributed by atoms with E-state index in [2.05, 4.69) is 16.3 Å². The molecule has 0 radical (unpaired) electrons. The average molecular weight is 281 g/mol. The van der Waals surface area contributed by atoms with E-state index in [9.17, 15) is 31.5 Å². The smallest absolute Gasteiger partial charge is 0.455 e. The minimum atomic E-state index is -5.47. The molecule has 0 aromatic rings. The highest BCUT2D eigenvalue weighted by Gasteiger charge is 2.49. The second-order valence-corrected chi connectivity index (χ2v) is 3.12. The molecule has 0 unspecified atom stereocenters. The molecular weight excluding hydrogens is 275 g/mol. The van der Waals surface area contributed by atoms with Crippen molar-refractivity contribution in [2.45, 2.75) is 18.5 Å². The van der Waals surface area contributed by atoms with E-state index in [-0.39, 0.29) is 12.9 Å².